The maximum absolute atomic E-state index is 14.6. The van der Waals surface area contributed by atoms with Gasteiger partial charge in [0.15, 0.2) is 17.2 Å². The van der Waals surface area contributed by atoms with Crippen molar-refractivity contribution in [3.63, 3.8) is 0 Å². The number of para-hydroxylation sites is 1. The first kappa shape index (κ1) is 22.7. The number of nitrogens with one attached hydrogen (secondary N) is 1. The van der Waals surface area contributed by atoms with Crippen LogP contribution in [-0.4, -0.2) is 50.1 Å². The number of hydrogen-bond acceptors (Lipinski definition) is 7. The summed E-state index contributed by atoms with van der Waals surface area (Å²) in [6, 6.07) is 18.8. The predicted molar refractivity (Wildman–Crippen MR) is 129 cm³/mol. The van der Waals surface area contributed by atoms with E-state index in [1.54, 1.807) is 36.2 Å². The van der Waals surface area contributed by atoms with Crippen LogP contribution in [-0.2, 0) is 0 Å². The minimum Gasteiger partial charge on any atom is -0.493 e. The van der Waals surface area contributed by atoms with E-state index in [-0.39, 0.29) is 11.4 Å². The van der Waals surface area contributed by atoms with Crippen molar-refractivity contribution < 1.29 is 18.7 Å². The normalized spacial score (nSPS) is 10.8. The SMILES string of the molecule is COc1ccc(-c2cn(-c3ccccc3)nc2C(=O)Nc2cc(-n3cnnn3)ccc2F)cc1OC. The molecule has 180 valence electrons. The molecule has 1 N–H and O–H groups in total. The van der Waals surface area contributed by atoms with Gasteiger partial charge in [0.1, 0.15) is 12.1 Å². The van der Waals surface area contributed by atoms with Crippen LogP contribution in [0.15, 0.2) is 79.3 Å². The molecule has 36 heavy (non-hydrogen) atoms. The average molecular weight is 485 g/mol. The van der Waals surface area contributed by atoms with Crippen molar-refractivity contribution in [2.75, 3.05) is 19.5 Å². The number of benzene rings is 3. The van der Waals surface area contributed by atoms with Crippen LogP contribution < -0.4 is 14.8 Å². The second kappa shape index (κ2) is 9.66. The van der Waals surface area contributed by atoms with E-state index < -0.39 is 11.7 Å². The molecular weight excluding hydrogens is 465 g/mol. The molecule has 3 aromatic carbocycles. The highest BCUT2D eigenvalue weighted by Gasteiger charge is 2.21. The lowest BCUT2D eigenvalue weighted by Crippen LogP contribution is -2.15. The number of methoxy groups -OCH3 is 2. The van der Waals surface area contributed by atoms with E-state index in [1.807, 2.05) is 30.3 Å². The number of ether oxygens (including phenoxy) is 2. The zero-order valence-corrected chi connectivity index (χ0v) is 19.3. The Bertz CT molecular complexity index is 1520. The highest BCUT2D eigenvalue weighted by Crippen LogP contribution is 2.34. The lowest BCUT2D eigenvalue weighted by atomic mass is 10.1. The number of tetrazole rings is 1. The Morgan fingerprint density at radius 2 is 1.72 bits per heavy atom. The fraction of sp³-hybridized carbons (Fsp3) is 0.0800. The molecule has 2 heterocycles. The van der Waals surface area contributed by atoms with E-state index in [1.165, 1.54) is 36.3 Å². The van der Waals surface area contributed by atoms with E-state index in [0.29, 0.717) is 28.3 Å². The summed E-state index contributed by atoms with van der Waals surface area (Å²) in [7, 11) is 3.07. The monoisotopic (exact) mass is 485 g/mol. The van der Waals surface area contributed by atoms with Gasteiger partial charge in [-0.15, -0.1) is 5.10 Å². The molecule has 5 aromatic rings. The first-order chi connectivity index (χ1) is 17.6. The number of halogens is 1. The summed E-state index contributed by atoms with van der Waals surface area (Å²) in [4.78, 5) is 13.4. The Balaban J connectivity index is 1.56. The zero-order chi connectivity index (χ0) is 25.1. The first-order valence-corrected chi connectivity index (χ1v) is 10.8. The smallest absolute Gasteiger partial charge is 0.276 e. The zero-order valence-electron chi connectivity index (χ0n) is 19.3. The van der Waals surface area contributed by atoms with Crippen molar-refractivity contribution in [2.24, 2.45) is 0 Å². The molecule has 0 spiro atoms. The molecule has 0 aliphatic rings. The van der Waals surface area contributed by atoms with E-state index in [9.17, 15) is 9.18 Å². The van der Waals surface area contributed by atoms with Gasteiger partial charge in [0, 0.05) is 11.8 Å². The number of carbonyl (C=O) groups excluding carboxylic acids is 1. The quantitative estimate of drug-likeness (QED) is 0.372. The van der Waals surface area contributed by atoms with E-state index in [0.717, 1.165) is 5.69 Å². The minimum absolute atomic E-state index is 0.0412. The summed E-state index contributed by atoms with van der Waals surface area (Å²) in [6.07, 6.45) is 3.11. The number of anilines is 1. The van der Waals surface area contributed by atoms with Crippen LogP contribution in [0.5, 0.6) is 11.5 Å². The fourth-order valence-corrected chi connectivity index (χ4v) is 3.68. The van der Waals surface area contributed by atoms with Crippen LogP contribution in [0.2, 0.25) is 0 Å². The molecule has 0 atom stereocenters. The Labute approximate surface area is 204 Å². The van der Waals surface area contributed by atoms with Crippen molar-refractivity contribution >= 4 is 11.6 Å². The van der Waals surface area contributed by atoms with Gasteiger partial charge in [0.05, 0.1) is 31.3 Å². The Kier molecular flexibility index (Phi) is 6.10. The Morgan fingerprint density at radius 3 is 2.44 bits per heavy atom. The molecule has 0 saturated heterocycles. The van der Waals surface area contributed by atoms with Gasteiger partial charge in [-0.05, 0) is 58.5 Å². The fourth-order valence-electron chi connectivity index (χ4n) is 3.68. The highest BCUT2D eigenvalue weighted by atomic mass is 19.1. The van der Waals surface area contributed by atoms with Gasteiger partial charge in [0.25, 0.3) is 5.91 Å². The van der Waals surface area contributed by atoms with Gasteiger partial charge in [-0.1, -0.05) is 24.3 Å². The Morgan fingerprint density at radius 1 is 0.917 bits per heavy atom. The van der Waals surface area contributed by atoms with Crippen molar-refractivity contribution in [3.8, 4) is 34.0 Å². The standard InChI is InChI=1S/C25H20FN7O3/c1-35-22-11-8-16(12-23(22)36-2)19-14-32(17-6-4-3-5-7-17)29-24(19)25(34)28-21-13-18(9-10-20(21)26)33-15-27-30-31-33/h3-15H,1-2H3,(H,28,34). The van der Waals surface area contributed by atoms with Crippen LogP contribution in [0.3, 0.4) is 0 Å². The second-order valence-corrected chi connectivity index (χ2v) is 7.61. The molecule has 0 unspecified atom stereocenters. The van der Waals surface area contributed by atoms with Crippen LogP contribution in [0.25, 0.3) is 22.5 Å². The molecule has 0 aliphatic carbocycles. The Hall–Kier alpha value is -5.06. The summed E-state index contributed by atoms with van der Waals surface area (Å²) in [5.74, 6) is -0.171. The largest absolute Gasteiger partial charge is 0.493 e. The molecule has 2 aromatic heterocycles. The molecular formula is C25H20FN7O3. The van der Waals surface area contributed by atoms with Gasteiger partial charge in [-0.2, -0.15) is 5.10 Å². The van der Waals surface area contributed by atoms with Crippen molar-refractivity contribution in [2.45, 2.75) is 0 Å². The van der Waals surface area contributed by atoms with Crippen LogP contribution in [0.4, 0.5) is 10.1 Å². The van der Waals surface area contributed by atoms with Crippen molar-refractivity contribution in [1.29, 1.82) is 0 Å². The number of amides is 1. The molecule has 0 radical (unpaired) electrons. The van der Waals surface area contributed by atoms with Gasteiger partial charge in [-0.3, -0.25) is 4.79 Å². The molecule has 5 rings (SSSR count). The second-order valence-electron chi connectivity index (χ2n) is 7.61. The molecule has 1 amide bonds. The number of nitrogens with zero attached hydrogens (tertiary/aromatic N) is 6. The predicted octanol–water partition coefficient (Wildman–Crippen LogP) is 3.92. The minimum atomic E-state index is -0.615. The lowest BCUT2D eigenvalue weighted by molar-refractivity contribution is 0.102. The van der Waals surface area contributed by atoms with Crippen LogP contribution in [0.1, 0.15) is 10.5 Å². The van der Waals surface area contributed by atoms with Gasteiger partial charge in [0.2, 0.25) is 0 Å². The summed E-state index contributed by atoms with van der Waals surface area (Å²) < 4.78 is 28.3. The third-order valence-electron chi connectivity index (χ3n) is 5.46. The number of carbonyl (C=O) groups is 1. The molecule has 0 saturated carbocycles. The molecule has 0 bridgehead atoms. The summed E-state index contributed by atoms with van der Waals surface area (Å²) >= 11 is 0. The average Bonchev–Trinajstić information content (AvgIpc) is 3.61. The van der Waals surface area contributed by atoms with Gasteiger partial charge < -0.3 is 14.8 Å². The van der Waals surface area contributed by atoms with E-state index >= 15 is 0 Å². The third kappa shape index (κ3) is 4.37. The summed E-state index contributed by atoms with van der Waals surface area (Å²) in [5.41, 5.74) is 2.48. The molecule has 11 heteroatoms. The summed E-state index contributed by atoms with van der Waals surface area (Å²) in [5, 5.41) is 18.1. The van der Waals surface area contributed by atoms with Gasteiger partial charge >= 0.3 is 0 Å². The van der Waals surface area contributed by atoms with Gasteiger partial charge in [-0.25, -0.2) is 13.8 Å². The van der Waals surface area contributed by atoms with Crippen LogP contribution in [0, 0.1) is 5.82 Å². The van der Waals surface area contributed by atoms with Crippen molar-refractivity contribution in [1.82, 2.24) is 30.0 Å². The molecule has 0 aliphatic heterocycles. The van der Waals surface area contributed by atoms with Crippen LogP contribution >= 0.6 is 0 Å². The maximum atomic E-state index is 14.6. The maximum Gasteiger partial charge on any atom is 0.276 e. The van der Waals surface area contributed by atoms with Crippen molar-refractivity contribution in [3.05, 3.63) is 90.8 Å². The lowest BCUT2D eigenvalue weighted by Gasteiger charge is -2.10. The highest BCUT2D eigenvalue weighted by molar-refractivity contribution is 6.07. The molecule has 10 nitrogen and oxygen atoms in total. The number of hydrogen-bond donors (Lipinski definition) is 1. The number of aromatic nitrogens is 6. The van der Waals surface area contributed by atoms with E-state index in [2.05, 4.69) is 25.9 Å². The van der Waals surface area contributed by atoms with E-state index in [4.69, 9.17) is 9.47 Å². The third-order valence-corrected chi connectivity index (χ3v) is 5.46. The number of rotatable bonds is 7. The topological polar surface area (TPSA) is 109 Å². The first-order valence-electron chi connectivity index (χ1n) is 10.8. The molecule has 0 fully saturated rings. The summed E-state index contributed by atoms with van der Waals surface area (Å²) in [6.45, 7) is 0.